The quantitative estimate of drug-likeness (QED) is 0.307. The van der Waals surface area contributed by atoms with Gasteiger partial charge in [0.1, 0.15) is 11.6 Å². The lowest BCUT2D eigenvalue weighted by molar-refractivity contribution is -0.119. The smallest absolute Gasteiger partial charge is 0.325 e. The van der Waals surface area contributed by atoms with Crippen molar-refractivity contribution in [3.8, 4) is 23.3 Å². The second-order valence-corrected chi connectivity index (χ2v) is 10.3. The number of amides is 3. The van der Waals surface area contributed by atoms with Crippen molar-refractivity contribution in [2.45, 2.75) is 31.4 Å². The molecule has 0 radical (unpaired) electrons. The van der Waals surface area contributed by atoms with Gasteiger partial charge in [-0.2, -0.15) is 0 Å². The third-order valence-corrected chi connectivity index (χ3v) is 7.19. The van der Waals surface area contributed by atoms with E-state index in [2.05, 4.69) is 37.3 Å². The summed E-state index contributed by atoms with van der Waals surface area (Å²) >= 11 is 0. The topological polar surface area (TPSA) is 107 Å². The Hall–Kier alpha value is -3.50. The maximum atomic E-state index is 14.9. The summed E-state index contributed by atoms with van der Waals surface area (Å²) in [6.45, 7) is 3.85. The van der Waals surface area contributed by atoms with Gasteiger partial charge in [-0.3, -0.25) is 24.9 Å². The van der Waals surface area contributed by atoms with Crippen molar-refractivity contribution >= 4 is 54.8 Å². The zero-order valence-corrected chi connectivity index (χ0v) is 26.5. The average Bonchev–Trinajstić information content (AvgIpc) is 3.62. The van der Waals surface area contributed by atoms with Crippen LogP contribution in [-0.4, -0.2) is 76.7 Å². The summed E-state index contributed by atoms with van der Waals surface area (Å²) in [5, 5.41) is 15.0. The number of rotatable bonds is 7. The van der Waals surface area contributed by atoms with E-state index in [9.17, 15) is 23.5 Å². The minimum Gasteiger partial charge on any atom is -0.453 e. The molecule has 0 saturated carbocycles. The molecule has 2 fully saturated rings. The van der Waals surface area contributed by atoms with Gasteiger partial charge in [0.15, 0.2) is 11.6 Å². The number of aliphatic hydroxyl groups excluding tert-OH is 1. The number of anilines is 1. The van der Waals surface area contributed by atoms with Gasteiger partial charge in [-0.15, -0.1) is 37.2 Å². The summed E-state index contributed by atoms with van der Waals surface area (Å²) in [6.07, 6.45) is 4.88. The fourth-order valence-corrected chi connectivity index (χ4v) is 5.12. The first kappa shape index (κ1) is 37.7. The molecule has 3 N–H and O–H groups in total. The van der Waals surface area contributed by atoms with Gasteiger partial charge in [-0.1, -0.05) is 24.0 Å². The molecule has 0 unspecified atom stereocenters. The SMILES string of the molecule is Cl.Cl.Cl.O=C(Cc1ccc(F)cc1)NC(=O)Nc1ccc(Oc2ccncc2C#CCN2C[C@@H](O)[C@H](N3CCCC3)C2)c(F)c1. The normalized spacial score (nSPS) is 17.5. The lowest BCUT2D eigenvalue weighted by Crippen LogP contribution is -2.41. The summed E-state index contributed by atoms with van der Waals surface area (Å²) in [4.78, 5) is 32.9. The molecular weight excluding hydrogens is 651 g/mol. The van der Waals surface area contributed by atoms with Crippen LogP contribution in [0, 0.1) is 23.5 Å². The van der Waals surface area contributed by atoms with Crippen LogP contribution in [0.25, 0.3) is 0 Å². The number of hydrogen-bond donors (Lipinski definition) is 3. The Balaban J connectivity index is 0.00000235. The molecule has 242 valence electrons. The van der Waals surface area contributed by atoms with Crippen molar-refractivity contribution in [2.75, 3.05) is 38.0 Å². The predicted molar refractivity (Wildman–Crippen MR) is 174 cm³/mol. The van der Waals surface area contributed by atoms with E-state index < -0.39 is 29.7 Å². The summed E-state index contributed by atoms with van der Waals surface area (Å²) in [5.41, 5.74) is 1.13. The van der Waals surface area contributed by atoms with Gasteiger partial charge in [0.25, 0.3) is 0 Å². The van der Waals surface area contributed by atoms with Gasteiger partial charge in [0.2, 0.25) is 5.91 Å². The summed E-state index contributed by atoms with van der Waals surface area (Å²) in [5.74, 6) is 4.63. The number of hydrogen-bond acceptors (Lipinski definition) is 7. The number of halogens is 5. The van der Waals surface area contributed by atoms with Gasteiger partial charge in [-0.05, 0) is 55.8 Å². The number of β-amino-alcohol motifs (C(OH)–C–C–N with tert-alkyl or cyclic N) is 1. The molecule has 0 bridgehead atoms. The first-order valence-electron chi connectivity index (χ1n) is 13.7. The molecule has 2 atom stereocenters. The predicted octanol–water partition coefficient (Wildman–Crippen LogP) is 4.80. The largest absolute Gasteiger partial charge is 0.453 e. The van der Waals surface area contributed by atoms with Crippen molar-refractivity contribution < 1.29 is 28.2 Å². The van der Waals surface area contributed by atoms with Crippen LogP contribution in [0.4, 0.5) is 19.3 Å². The van der Waals surface area contributed by atoms with Crippen LogP contribution in [0.1, 0.15) is 24.0 Å². The minimum atomic E-state index is -0.834. The summed E-state index contributed by atoms with van der Waals surface area (Å²) in [6, 6.07) is 10.1. The number of likely N-dealkylation sites (tertiary alicyclic amines) is 2. The fourth-order valence-electron chi connectivity index (χ4n) is 5.12. The second-order valence-electron chi connectivity index (χ2n) is 10.3. The molecule has 14 heteroatoms. The molecule has 0 spiro atoms. The maximum absolute atomic E-state index is 14.9. The molecule has 45 heavy (non-hydrogen) atoms. The zero-order chi connectivity index (χ0) is 29.5. The van der Waals surface area contributed by atoms with Crippen LogP contribution >= 0.6 is 37.2 Å². The van der Waals surface area contributed by atoms with Gasteiger partial charge in [0.05, 0.1) is 24.6 Å². The van der Waals surface area contributed by atoms with E-state index in [0.717, 1.165) is 25.7 Å². The van der Waals surface area contributed by atoms with Crippen LogP contribution < -0.4 is 15.4 Å². The van der Waals surface area contributed by atoms with Crippen LogP contribution in [-0.2, 0) is 11.2 Å². The number of urea groups is 1. The molecule has 3 amide bonds. The molecule has 3 heterocycles. The van der Waals surface area contributed by atoms with E-state index in [1.165, 1.54) is 61.6 Å². The number of nitrogens with zero attached hydrogens (tertiary/aromatic N) is 3. The van der Waals surface area contributed by atoms with Gasteiger partial charge >= 0.3 is 6.03 Å². The third-order valence-electron chi connectivity index (χ3n) is 7.19. The molecule has 1 aromatic heterocycles. The standard InChI is InChI=1S/C31H31F2N5O4.3ClH/c32-23-7-5-21(6-8-23)16-30(40)36-31(41)35-24-9-10-29(25(33)17-24)42-28-11-12-34-18-22(28)4-3-13-37-19-26(27(39)20-37)38-14-1-2-15-38;;;/h5-12,17-18,26-27,39H,1-2,13-16,19-20H2,(H2,35,36,40,41);3*1H/t26-,27-;;;/m1.../s1. The molecule has 2 aromatic carbocycles. The highest BCUT2D eigenvalue weighted by Crippen LogP contribution is 2.28. The Kier molecular flexibility index (Phi) is 14.9. The fraction of sp³-hybridized carbons (Fsp3) is 0.323. The van der Waals surface area contributed by atoms with Gasteiger partial charge in [-0.25, -0.2) is 13.6 Å². The van der Waals surface area contributed by atoms with Crippen molar-refractivity contribution in [3.05, 3.63) is 83.7 Å². The molecule has 2 aliphatic heterocycles. The third kappa shape index (κ3) is 10.5. The van der Waals surface area contributed by atoms with E-state index in [0.29, 0.717) is 30.0 Å². The second kappa shape index (κ2) is 17.8. The van der Waals surface area contributed by atoms with Crippen LogP contribution in [0.15, 0.2) is 60.9 Å². The number of benzene rings is 2. The van der Waals surface area contributed by atoms with Crippen molar-refractivity contribution in [1.29, 1.82) is 0 Å². The zero-order valence-electron chi connectivity index (χ0n) is 24.1. The van der Waals surface area contributed by atoms with E-state index >= 15 is 0 Å². The van der Waals surface area contributed by atoms with Gasteiger partial charge in [0, 0.05) is 49.3 Å². The monoisotopic (exact) mass is 683 g/mol. The van der Waals surface area contributed by atoms with E-state index in [-0.39, 0.29) is 61.1 Å². The number of carbonyl (C=O) groups excluding carboxylic acids is 2. The molecule has 5 rings (SSSR count). The molecule has 0 aliphatic carbocycles. The average molecular weight is 685 g/mol. The van der Waals surface area contributed by atoms with Gasteiger partial charge < -0.3 is 15.2 Å². The number of imide groups is 1. The number of aliphatic hydroxyl groups is 1. The minimum absolute atomic E-state index is 0. The van der Waals surface area contributed by atoms with E-state index in [1.54, 1.807) is 6.07 Å². The number of ether oxygens (including phenoxy) is 1. The first-order chi connectivity index (χ1) is 20.3. The van der Waals surface area contributed by atoms with Crippen LogP contribution in [0.3, 0.4) is 0 Å². The van der Waals surface area contributed by atoms with Crippen molar-refractivity contribution in [3.63, 3.8) is 0 Å². The maximum Gasteiger partial charge on any atom is 0.325 e. The Bertz CT molecular complexity index is 1500. The molecule has 2 aliphatic rings. The highest BCUT2D eigenvalue weighted by atomic mass is 35.5. The number of nitrogens with one attached hydrogen (secondary N) is 2. The van der Waals surface area contributed by atoms with Crippen molar-refractivity contribution in [1.82, 2.24) is 20.1 Å². The number of aromatic nitrogens is 1. The highest BCUT2D eigenvalue weighted by molar-refractivity contribution is 6.01. The lowest BCUT2D eigenvalue weighted by Gasteiger charge is -2.25. The Labute approximate surface area is 279 Å². The Morgan fingerprint density at radius 1 is 1.00 bits per heavy atom. The van der Waals surface area contributed by atoms with E-state index in [1.807, 2.05) is 0 Å². The Morgan fingerprint density at radius 3 is 2.44 bits per heavy atom. The molecule has 9 nitrogen and oxygen atoms in total. The molecule has 3 aromatic rings. The van der Waals surface area contributed by atoms with Crippen molar-refractivity contribution in [2.24, 2.45) is 0 Å². The van der Waals surface area contributed by atoms with Crippen LogP contribution in [0.2, 0.25) is 0 Å². The summed E-state index contributed by atoms with van der Waals surface area (Å²) < 4.78 is 33.7. The lowest BCUT2D eigenvalue weighted by atomic mass is 10.1. The Morgan fingerprint density at radius 2 is 1.73 bits per heavy atom. The van der Waals surface area contributed by atoms with Crippen LogP contribution in [0.5, 0.6) is 11.5 Å². The summed E-state index contributed by atoms with van der Waals surface area (Å²) in [7, 11) is 0. The number of carbonyl (C=O) groups is 2. The van der Waals surface area contributed by atoms with E-state index in [4.69, 9.17) is 4.74 Å². The molecular formula is C31H34Cl3F2N5O4. The first-order valence-corrected chi connectivity index (χ1v) is 13.7. The number of pyridine rings is 1. The molecule has 2 saturated heterocycles. The highest BCUT2D eigenvalue weighted by Gasteiger charge is 2.35.